The molecule has 3 aromatic rings. The maximum Gasteiger partial charge on any atom is 0.242 e. The number of nitrogens with zero attached hydrogens (tertiary/aromatic N) is 6. The number of piperazine rings is 1. The molecule has 0 unspecified atom stereocenters. The summed E-state index contributed by atoms with van der Waals surface area (Å²) >= 11 is 0. The van der Waals surface area contributed by atoms with Crippen LogP contribution >= 0.6 is 0 Å². The predicted molar refractivity (Wildman–Crippen MR) is 137 cm³/mol. The van der Waals surface area contributed by atoms with Crippen LogP contribution in [-0.4, -0.2) is 92.9 Å². The van der Waals surface area contributed by atoms with Gasteiger partial charge in [-0.3, -0.25) is 24.0 Å². The minimum Gasteiger partial charge on any atom is -0.360 e. The van der Waals surface area contributed by atoms with E-state index in [1.54, 1.807) is 41.2 Å². The Morgan fingerprint density at radius 1 is 1.11 bits per heavy atom. The largest absolute Gasteiger partial charge is 0.360 e. The van der Waals surface area contributed by atoms with Crippen LogP contribution in [0.5, 0.6) is 0 Å². The number of hydrogen-bond acceptors (Lipinski definition) is 6. The topological polar surface area (TPSA) is 69.0 Å². The first-order chi connectivity index (χ1) is 16.8. The molecule has 1 aliphatic heterocycles. The highest BCUT2D eigenvalue weighted by atomic mass is 19.1. The summed E-state index contributed by atoms with van der Waals surface area (Å²) in [5.74, 6) is 0.254. The fourth-order valence-electron chi connectivity index (χ4n) is 4.78. The minimum absolute atomic E-state index is 0.0270. The van der Waals surface area contributed by atoms with E-state index in [1.165, 1.54) is 6.07 Å². The Bertz CT molecular complexity index is 1130. The SMILES string of the molecule is CC(C)N(CCN1CCN(C(=O)CNc2c(-c3ccccc3F)nc3cnccn23)CC1)C(C)C. The normalized spacial score (nSPS) is 15.0. The van der Waals surface area contributed by atoms with Gasteiger partial charge in [-0.1, -0.05) is 12.1 Å². The van der Waals surface area contributed by atoms with Crippen LogP contribution in [0.3, 0.4) is 0 Å². The second-order valence-electron chi connectivity index (χ2n) is 9.59. The second kappa shape index (κ2) is 11.1. The van der Waals surface area contributed by atoms with Crippen molar-refractivity contribution >= 4 is 17.4 Å². The van der Waals surface area contributed by atoms with Gasteiger partial charge in [-0.2, -0.15) is 0 Å². The van der Waals surface area contributed by atoms with Crippen molar-refractivity contribution in [2.45, 2.75) is 39.8 Å². The Balaban J connectivity index is 1.37. The van der Waals surface area contributed by atoms with Gasteiger partial charge in [-0.25, -0.2) is 9.37 Å². The monoisotopic (exact) mass is 481 g/mol. The van der Waals surface area contributed by atoms with Gasteiger partial charge in [-0.15, -0.1) is 0 Å². The molecule has 8 nitrogen and oxygen atoms in total. The van der Waals surface area contributed by atoms with Crippen LogP contribution in [0, 0.1) is 5.82 Å². The molecule has 0 atom stereocenters. The number of benzene rings is 1. The summed E-state index contributed by atoms with van der Waals surface area (Å²) in [4.78, 5) is 28.5. The third-order valence-corrected chi connectivity index (χ3v) is 6.69. The summed E-state index contributed by atoms with van der Waals surface area (Å²) in [5.41, 5.74) is 1.44. The zero-order valence-corrected chi connectivity index (χ0v) is 21.1. The minimum atomic E-state index is -0.358. The number of amides is 1. The maximum absolute atomic E-state index is 14.5. The Morgan fingerprint density at radius 2 is 1.83 bits per heavy atom. The number of carbonyl (C=O) groups excluding carboxylic acids is 1. The molecule has 0 aliphatic carbocycles. The molecule has 1 aromatic carbocycles. The quantitative estimate of drug-likeness (QED) is 0.506. The van der Waals surface area contributed by atoms with Crippen molar-refractivity contribution < 1.29 is 9.18 Å². The zero-order valence-electron chi connectivity index (χ0n) is 21.1. The van der Waals surface area contributed by atoms with Crippen LogP contribution in [-0.2, 0) is 4.79 Å². The van der Waals surface area contributed by atoms with Gasteiger partial charge in [0.2, 0.25) is 5.91 Å². The number of carbonyl (C=O) groups is 1. The van der Waals surface area contributed by atoms with E-state index in [4.69, 9.17) is 0 Å². The van der Waals surface area contributed by atoms with Gasteiger partial charge < -0.3 is 10.2 Å². The van der Waals surface area contributed by atoms with Crippen molar-refractivity contribution in [2.24, 2.45) is 0 Å². The molecule has 0 bridgehead atoms. The third kappa shape index (κ3) is 5.79. The number of nitrogens with one attached hydrogen (secondary N) is 1. The maximum atomic E-state index is 14.5. The van der Waals surface area contributed by atoms with Crippen LogP contribution in [0.1, 0.15) is 27.7 Å². The Hall–Kier alpha value is -3.04. The van der Waals surface area contributed by atoms with Crippen molar-refractivity contribution in [3.63, 3.8) is 0 Å². The molecule has 1 amide bonds. The number of halogens is 1. The number of rotatable bonds is 9. The van der Waals surface area contributed by atoms with Crippen LogP contribution < -0.4 is 5.32 Å². The molecule has 3 heterocycles. The van der Waals surface area contributed by atoms with Gasteiger partial charge in [0.05, 0.1) is 12.7 Å². The molecule has 0 radical (unpaired) electrons. The molecular weight excluding hydrogens is 445 g/mol. The van der Waals surface area contributed by atoms with Crippen molar-refractivity contribution in [1.29, 1.82) is 0 Å². The van der Waals surface area contributed by atoms with E-state index in [0.717, 1.165) is 26.2 Å². The predicted octanol–water partition coefficient (Wildman–Crippen LogP) is 3.21. The summed E-state index contributed by atoms with van der Waals surface area (Å²) < 4.78 is 16.3. The molecule has 1 saturated heterocycles. The van der Waals surface area contributed by atoms with E-state index in [0.29, 0.717) is 47.9 Å². The average molecular weight is 482 g/mol. The Kier molecular flexibility index (Phi) is 7.97. The highest BCUT2D eigenvalue weighted by Crippen LogP contribution is 2.30. The lowest BCUT2D eigenvalue weighted by Crippen LogP contribution is -2.52. The third-order valence-electron chi connectivity index (χ3n) is 6.69. The van der Waals surface area contributed by atoms with Gasteiger partial charge >= 0.3 is 0 Å². The molecule has 188 valence electrons. The van der Waals surface area contributed by atoms with Gasteiger partial charge in [0, 0.05) is 69.3 Å². The average Bonchev–Trinajstić information content (AvgIpc) is 3.21. The molecule has 0 spiro atoms. The van der Waals surface area contributed by atoms with E-state index in [1.807, 2.05) is 4.90 Å². The van der Waals surface area contributed by atoms with E-state index >= 15 is 0 Å². The summed E-state index contributed by atoms with van der Waals surface area (Å²) in [6, 6.07) is 7.57. The standard InChI is InChI=1S/C26H36FN7O/c1-19(2)33(20(3)4)16-13-31-11-14-32(15-12-31)24(35)18-29-26-25(21-7-5-6-8-22(21)27)30-23-17-28-9-10-34(23)26/h5-10,17,19-20,29H,11-16,18H2,1-4H3. The number of aromatic nitrogens is 3. The first-order valence-electron chi connectivity index (χ1n) is 12.4. The van der Waals surface area contributed by atoms with Crippen LogP contribution in [0.4, 0.5) is 10.2 Å². The van der Waals surface area contributed by atoms with E-state index in [2.05, 4.69) is 52.8 Å². The summed E-state index contributed by atoms with van der Waals surface area (Å²) in [7, 11) is 0. The summed E-state index contributed by atoms with van der Waals surface area (Å²) in [6.07, 6.45) is 5.03. The van der Waals surface area contributed by atoms with Crippen LogP contribution in [0.25, 0.3) is 16.9 Å². The highest BCUT2D eigenvalue weighted by molar-refractivity contribution is 5.84. The van der Waals surface area contributed by atoms with E-state index in [9.17, 15) is 9.18 Å². The summed E-state index contributed by atoms with van der Waals surface area (Å²) in [6.45, 7) is 14.3. The number of imidazole rings is 1. The second-order valence-corrected chi connectivity index (χ2v) is 9.59. The molecule has 1 N–H and O–H groups in total. The van der Waals surface area contributed by atoms with Crippen LogP contribution in [0.15, 0.2) is 42.9 Å². The van der Waals surface area contributed by atoms with Gasteiger partial charge in [-0.05, 0) is 39.8 Å². The molecule has 9 heteroatoms. The molecular formula is C26H36FN7O. The highest BCUT2D eigenvalue weighted by Gasteiger charge is 2.23. The number of fused-ring (bicyclic) bond motifs is 1. The molecule has 0 saturated carbocycles. The lowest BCUT2D eigenvalue weighted by molar-refractivity contribution is -0.131. The van der Waals surface area contributed by atoms with Crippen molar-refractivity contribution in [3.8, 4) is 11.3 Å². The lowest BCUT2D eigenvalue weighted by Gasteiger charge is -2.37. The summed E-state index contributed by atoms with van der Waals surface area (Å²) in [5, 5.41) is 3.23. The number of hydrogen-bond donors (Lipinski definition) is 1. The Labute approximate surface area is 206 Å². The van der Waals surface area contributed by atoms with Crippen molar-refractivity contribution in [3.05, 3.63) is 48.7 Å². The van der Waals surface area contributed by atoms with Crippen LogP contribution in [0.2, 0.25) is 0 Å². The molecule has 2 aromatic heterocycles. The molecule has 1 aliphatic rings. The molecule has 1 fully saturated rings. The van der Waals surface area contributed by atoms with E-state index < -0.39 is 0 Å². The van der Waals surface area contributed by atoms with Gasteiger partial charge in [0.1, 0.15) is 17.3 Å². The van der Waals surface area contributed by atoms with Gasteiger partial charge in [0.15, 0.2) is 5.65 Å². The van der Waals surface area contributed by atoms with E-state index in [-0.39, 0.29) is 18.3 Å². The smallest absolute Gasteiger partial charge is 0.242 e. The zero-order chi connectivity index (χ0) is 24.9. The fourth-order valence-corrected chi connectivity index (χ4v) is 4.78. The van der Waals surface area contributed by atoms with Crippen molar-refractivity contribution in [1.82, 2.24) is 29.1 Å². The Morgan fingerprint density at radius 3 is 2.51 bits per heavy atom. The first kappa shape index (κ1) is 25.1. The fraction of sp³-hybridized carbons (Fsp3) is 0.500. The first-order valence-corrected chi connectivity index (χ1v) is 12.4. The molecule has 35 heavy (non-hydrogen) atoms. The number of anilines is 1. The lowest BCUT2D eigenvalue weighted by atomic mass is 10.1. The van der Waals surface area contributed by atoms with Gasteiger partial charge in [0.25, 0.3) is 0 Å². The van der Waals surface area contributed by atoms with Crippen molar-refractivity contribution in [2.75, 3.05) is 51.1 Å². The molecule has 4 rings (SSSR count).